The summed E-state index contributed by atoms with van der Waals surface area (Å²) in [6.45, 7) is 7.96. The predicted octanol–water partition coefficient (Wildman–Crippen LogP) is 2.43. The van der Waals surface area contributed by atoms with Gasteiger partial charge in [-0.15, -0.1) is 0 Å². The third-order valence-electron chi connectivity index (χ3n) is 8.80. The Hall–Kier alpha value is -5.36. The van der Waals surface area contributed by atoms with Crippen LogP contribution in [0.2, 0.25) is 0 Å². The highest BCUT2D eigenvalue weighted by Gasteiger charge is 2.36. The monoisotopic (exact) mass is 640 g/mol. The molecule has 1 aliphatic heterocycles. The molecule has 0 bridgehead atoms. The Balaban J connectivity index is 1.30. The number of H-pyrrole nitrogens is 1. The molecule has 12 heteroatoms. The SMILES string of the molecule is C=C(C(N)=O)[C@H](NC(=O)[C@H](Cc1c[nH]c2ccccc12)NC(=O)[C@@H]1CCN(C(=O)[C@@H](N)Cc2c(C)cc(O)cc2C)C1)c1ccco1. The number of phenolic OH excluding ortho intramolecular Hbond substituents is 1. The summed E-state index contributed by atoms with van der Waals surface area (Å²) >= 11 is 0. The van der Waals surface area contributed by atoms with Crippen LogP contribution in [0.3, 0.4) is 0 Å². The lowest BCUT2D eigenvalue weighted by Gasteiger charge is -2.24. The number of carbonyl (C=O) groups excluding carboxylic acids is 4. The highest BCUT2D eigenvalue weighted by atomic mass is 16.3. The maximum absolute atomic E-state index is 13.8. The molecule has 0 unspecified atom stereocenters. The van der Waals surface area contributed by atoms with E-state index in [1.165, 1.54) is 6.26 Å². The molecule has 2 aromatic carbocycles. The Morgan fingerprint density at radius 2 is 1.81 bits per heavy atom. The van der Waals surface area contributed by atoms with Gasteiger partial charge in [-0.25, -0.2) is 0 Å². The molecule has 0 radical (unpaired) electrons. The first kappa shape index (κ1) is 33.0. The minimum Gasteiger partial charge on any atom is -0.508 e. The minimum absolute atomic E-state index is 0.0792. The van der Waals surface area contributed by atoms with Crippen molar-refractivity contribution in [2.24, 2.45) is 17.4 Å². The Kier molecular flexibility index (Phi) is 9.80. The standard InChI is InChI=1S/C35H40N6O6/c1-19-13-24(42)14-20(2)26(19)16-27(36)35(46)41-11-10-22(18-41)33(44)39-29(15-23-17-38-28-8-5-4-7-25(23)28)34(45)40-31(21(3)32(37)43)30-9-6-12-47-30/h4-9,12-14,17,22,27,29,31,38,42H,3,10-11,15-16,18,36H2,1-2H3,(H2,37,43)(H,39,44)(H,40,45)/t22-,27+,29+,31+/m1/s1. The van der Waals surface area contributed by atoms with Crippen molar-refractivity contribution in [3.63, 3.8) is 0 Å². The molecule has 1 saturated heterocycles. The first-order valence-electron chi connectivity index (χ1n) is 15.4. The van der Waals surface area contributed by atoms with Gasteiger partial charge >= 0.3 is 0 Å². The zero-order valence-electron chi connectivity index (χ0n) is 26.4. The number of carbonyl (C=O) groups is 4. The number of aromatic hydroxyl groups is 1. The second-order valence-corrected chi connectivity index (χ2v) is 12.1. The number of aromatic amines is 1. The first-order chi connectivity index (χ1) is 22.4. The van der Waals surface area contributed by atoms with Crippen LogP contribution in [-0.4, -0.2) is 63.8 Å². The van der Waals surface area contributed by atoms with Gasteiger partial charge in [0.05, 0.1) is 18.2 Å². The Labute approximate surface area is 272 Å². The number of nitrogens with two attached hydrogens (primary N) is 2. The highest BCUT2D eigenvalue weighted by Crippen LogP contribution is 2.25. The lowest BCUT2D eigenvalue weighted by atomic mass is 9.96. The summed E-state index contributed by atoms with van der Waals surface area (Å²) in [5.41, 5.74) is 16.0. The number of nitrogens with zero attached hydrogens (tertiary/aromatic N) is 1. The van der Waals surface area contributed by atoms with Gasteiger partial charge in [0.2, 0.25) is 23.6 Å². The van der Waals surface area contributed by atoms with E-state index in [0.717, 1.165) is 33.2 Å². The molecule has 8 N–H and O–H groups in total. The molecule has 5 rings (SSSR count). The highest BCUT2D eigenvalue weighted by molar-refractivity contribution is 5.95. The molecule has 2 aromatic heterocycles. The van der Waals surface area contributed by atoms with Crippen LogP contribution in [0.1, 0.15) is 40.5 Å². The predicted molar refractivity (Wildman–Crippen MR) is 176 cm³/mol. The van der Waals surface area contributed by atoms with Gasteiger partial charge in [-0.2, -0.15) is 0 Å². The van der Waals surface area contributed by atoms with Crippen molar-refractivity contribution in [2.75, 3.05) is 13.1 Å². The van der Waals surface area contributed by atoms with E-state index >= 15 is 0 Å². The van der Waals surface area contributed by atoms with Crippen LogP contribution in [0.15, 0.2) is 77.6 Å². The summed E-state index contributed by atoms with van der Waals surface area (Å²) in [5, 5.41) is 16.4. The smallest absolute Gasteiger partial charge is 0.246 e. The molecule has 0 aliphatic carbocycles. The van der Waals surface area contributed by atoms with Crippen LogP contribution in [0.4, 0.5) is 0 Å². The van der Waals surface area contributed by atoms with Crippen molar-refractivity contribution in [1.82, 2.24) is 20.5 Å². The number of para-hydroxylation sites is 1. The average molecular weight is 641 g/mol. The van der Waals surface area contributed by atoms with Crippen LogP contribution >= 0.6 is 0 Å². The van der Waals surface area contributed by atoms with Crippen molar-refractivity contribution in [3.8, 4) is 5.75 Å². The molecule has 3 heterocycles. The molecule has 1 fully saturated rings. The summed E-state index contributed by atoms with van der Waals surface area (Å²) in [6.07, 6.45) is 4.03. The molecule has 12 nitrogen and oxygen atoms in total. The van der Waals surface area contributed by atoms with Gasteiger partial charge in [0.1, 0.15) is 23.6 Å². The summed E-state index contributed by atoms with van der Waals surface area (Å²) in [5.74, 6) is -2.19. The maximum atomic E-state index is 13.8. The fourth-order valence-corrected chi connectivity index (χ4v) is 6.20. The van der Waals surface area contributed by atoms with Crippen LogP contribution in [0.5, 0.6) is 5.75 Å². The number of hydrogen-bond donors (Lipinski definition) is 6. The van der Waals surface area contributed by atoms with Crippen molar-refractivity contribution in [2.45, 2.75) is 51.2 Å². The fourth-order valence-electron chi connectivity index (χ4n) is 6.20. The van der Waals surface area contributed by atoms with Crippen LogP contribution < -0.4 is 22.1 Å². The van der Waals surface area contributed by atoms with Crippen molar-refractivity contribution < 1.29 is 28.7 Å². The van der Waals surface area contributed by atoms with Gasteiger partial charge in [-0.05, 0) is 79.3 Å². The molecule has 0 saturated carbocycles. The zero-order valence-corrected chi connectivity index (χ0v) is 26.4. The second-order valence-electron chi connectivity index (χ2n) is 12.1. The summed E-state index contributed by atoms with van der Waals surface area (Å²) in [4.78, 5) is 57.6. The molecule has 0 spiro atoms. The number of phenols is 1. The topological polar surface area (TPSA) is 197 Å². The summed E-state index contributed by atoms with van der Waals surface area (Å²) < 4.78 is 5.45. The largest absolute Gasteiger partial charge is 0.508 e. The number of benzene rings is 2. The molecule has 1 aliphatic rings. The van der Waals surface area contributed by atoms with Gasteiger partial charge < -0.3 is 41.5 Å². The number of fused-ring (bicyclic) bond motifs is 1. The summed E-state index contributed by atoms with van der Waals surface area (Å²) in [6, 6.07) is 11.2. The molecule has 4 atom stereocenters. The van der Waals surface area contributed by atoms with E-state index in [1.807, 2.05) is 38.1 Å². The average Bonchev–Trinajstić information content (AvgIpc) is 3.82. The van der Waals surface area contributed by atoms with E-state index in [9.17, 15) is 24.3 Å². The first-order valence-corrected chi connectivity index (χ1v) is 15.4. The maximum Gasteiger partial charge on any atom is 0.246 e. The number of furan rings is 1. The second kappa shape index (κ2) is 14.0. The third-order valence-corrected chi connectivity index (χ3v) is 8.80. The number of aromatic nitrogens is 1. The van der Waals surface area contributed by atoms with E-state index in [-0.39, 0.29) is 41.9 Å². The molecule has 4 amide bonds. The quantitative estimate of drug-likeness (QED) is 0.128. The molecular weight excluding hydrogens is 600 g/mol. The lowest BCUT2D eigenvalue weighted by molar-refractivity contribution is -0.133. The Morgan fingerprint density at radius 1 is 1.09 bits per heavy atom. The lowest BCUT2D eigenvalue weighted by Crippen LogP contribution is -2.51. The van der Waals surface area contributed by atoms with Gasteiger partial charge in [-0.1, -0.05) is 24.8 Å². The minimum atomic E-state index is -1.05. The number of amides is 4. The number of hydrogen-bond acceptors (Lipinski definition) is 7. The van der Waals surface area contributed by atoms with Crippen molar-refractivity contribution in [1.29, 1.82) is 0 Å². The van der Waals surface area contributed by atoms with E-state index in [0.29, 0.717) is 19.4 Å². The van der Waals surface area contributed by atoms with Crippen LogP contribution in [-0.2, 0) is 32.0 Å². The van der Waals surface area contributed by atoms with Gasteiger partial charge in [0.25, 0.3) is 0 Å². The van der Waals surface area contributed by atoms with Crippen LogP contribution in [0, 0.1) is 19.8 Å². The number of primary amides is 1. The van der Waals surface area contributed by atoms with Crippen molar-refractivity contribution >= 4 is 34.5 Å². The number of likely N-dealkylation sites (tertiary alicyclic amines) is 1. The van der Waals surface area contributed by atoms with Crippen molar-refractivity contribution in [3.05, 3.63) is 101 Å². The van der Waals surface area contributed by atoms with Crippen LogP contribution in [0.25, 0.3) is 10.9 Å². The van der Waals surface area contributed by atoms with E-state index < -0.39 is 35.9 Å². The zero-order chi connectivity index (χ0) is 33.8. The normalized spacial score (nSPS) is 16.4. The van der Waals surface area contributed by atoms with E-state index in [1.54, 1.807) is 35.4 Å². The summed E-state index contributed by atoms with van der Waals surface area (Å²) in [7, 11) is 0. The molecule has 47 heavy (non-hydrogen) atoms. The molecule has 246 valence electrons. The fraction of sp³-hybridized carbons (Fsp3) is 0.314. The Bertz CT molecular complexity index is 1790. The van der Waals surface area contributed by atoms with Gasteiger partial charge in [0.15, 0.2) is 0 Å². The molecular formula is C35H40N6O6. The number of nitrogens with one attached hydrogen (secondary N) is 3. The number of rotatable bonds is 12. The Morgan fingerprint density at radius 3 is 2.49 bits per heavy atom. The van der Waals surface area contributed by atoms with E-state index in [4.69, 9.17) is 15.9 Å². The molecule has 4 aromatic rings. The van der Waals surface area contributed by atoms with Gasteiger partial charge in [-0.3, -0.25) is 19.2 Å². The number of aryl methyl sites for hydroxylation is 2. The third kappa shape index (κ3) is 7.39. The van der Waals surface area contributed by atoms with Gasteiger partial charge in [0, 0.05) is 42.2 Å². The van der Waals surface area contributed by atoms with E-state index in [2.05, 4.69) is 22.2 Å².